The van der Waals surface area contributed by atoms with Gasteiger partial charge in [0.1, 0.15) is 11.9 Å². The van der Waals surface area contributed by atoms with Crippen molar-refractivity contribution in [2.45, 2.75) is 37.9 Å². The predicted molar refractivity (Wildman–Crippen MR) is 110 cm³/mol. The molecule has 3 rings (SSSR count). The number of carbonyl (C=O) groups is 4. The van der Waals surface area contributed by atoms with E-state index in [-0.39, 0.29) is 36.2 Å². The van der Waals surface area contributed by atoms with E-state index in [9.17, 15) is 19.2 Å². The number of anilines is 1. The molecule has 1 aromatic rings. The molecule has 0 bridgehead atoms. The second kappa shape index (κ2) is 9.69. The van der Waals surface area contributed by atoms with E-state index >= 15 is 0 Å². The Bertz CT molecular complexity index is 848. The molecule has 1 N–H and O–H groups in total. The number of nitrogens with zero attached hydrogens (tertiary/aromatic N) is 2. The van der Waals surface area contributed by atoms with Crippen molar-refractivity contribution in [2.24, 2.45) is 4.99 Å². The van der Waals surface area contributed by atoms with Crippen molar-refractivity contribution < 1.29 is 23.9 Å². The fourth-order valence-corrected chi connectivity index (χ4v) is 4.20. The van der Waals surface area contributed by atoms with Gasteiger partial charge in [-0.25, -0.2) is 4.79 Å². The van der Waals surface area contributed by atoms with Gasteiger partial charge in [-0.3, -0.25) is 14.4 Å². The number of thioether (sulfide) groups is 1. The Kier molecular flexibility index (Phi) is 7.03. The second-order valence-corrected chi connectivity index (χ2v) is 8.17. The molecule has 1 fully saturated rings. The maximum absolute atomic E-state index is 12.4. The molecule has 1 aromatic carbocycles. The number of likely N-dealkylation sites (tertiary alicyclic amines) is 1. The lowest BCUT2D eigenvalue weighted by atomic mass is 10.1. The summed E-state index contributed by atoms with van der Waals surface area (Å²) in [6, 6.07) is 6.25. The number of esters is 1. The number of hydrogen-bond acceptors (Lipinski definition) is 7. The molecule has 0 saturated carbocycles. The van der Waals surface area contributed by atoms with Crippen molar-refractivity contribution in [1.29, 1.82) is 0 Å². The second-order valence-electron chi connectivity index (χ2n) is 7.00. The van der Waals surface area contributed by atoms with Crippen LogP contribution >= 0.6 is 11.8 Å². The van der Waals surface area contributed by atoms with Gasteiger partial charge in [0.15, 0.2) is 11.0 Å². The average molecular weight is 417 g/mol. The van der Waals surface area contributed by atoms with Crippen LogP contribution in [0.3, 0.4) is 0 Å². The zero-order valence-corrected chi connectivity index (χ0v) is 17.0. The van der Waals surface area contributed by atoms with Gasteiger partial charge in [0, 0.05) is 25.2 Å². The summed E-state index contributed by atoms with van der Waals surface area (Å²) in [4.78, 5) is 53.7. The normalized spacial score (nSPS) is 18.9. The number of carbonyl (C=O) groups excluding carboxylic acids is 4. The summed E-state index contributed by atoms with van der Waals surface area (Å²) in [5, 5.41) is 2.88. The Morgan fingerprint density at radius 1 is 1.24 bits per heavy atom. The number of amidine groups is 1. The lowest BCUT2D eigenvalue weighted by molar-refractivity contribution is -0.121. The summed E-state index contributed by atoms with van der Waals surface area (Å²) in [5.41, 5.74) is 0.644. The zero-order chi connectivity index (χ0) is 20.8. The van der Waals surface area contributed by atoms with E-state index in [4.69, 9.17) is 4.74 Å². The molecule has 0 unspecified atom stereocenters. The Morgan fingerprint density at radius 2 is 2.00 bits per heavy atom. The first kappa shape index (κ1) is 21.0. The fraction of sp³-hybridized carbons (Fsp3) is 0.450. The number of ether oxygens (including phenoxy) is 1. The number of hydrogen-bond donors (Lipinski definition) is 1. The van der Waals surface area contributed by atoms with E-state index in [2.05, 4.69) is 15.2 Å². The van der Waals surface area contributed by atoms with Gasteiger partial charge in [-0.05, 0) is 44.4 Å². The molecule has 1 atom stereocenters. The number of rotatable bonds is 6. The van der Waals surface area contributed by atoms with E-state index in [1.54, 1.807) is 12.1 Å². The molecule has 2 aliphatic heterocycles. The monoisotopic (exact) mass is 417 g/mol. The highest BCUT2D eigenvalue weighted by atomic mass is 32.2. The van der Waals surface area contributed by atoms with Crippen LogP contribution in [0.2, 0.25) is 0 Å². The number of ketones is 1. The SMILES string of the molecule is CC(=O)COC(=O)c1cccc(NC(=O)C[C@H]2SC(N3CCCCC3)=NC2=O)c1. The van der Waals surface area contributed by atoms with Crippen LogP contribution in [0.15, 0.2) is 29.3 Å². The Balaban J connectivity index is 1.53. The van der Waals surface area contributed by atoms with Gasteiger partial charge in [0.25, 0.3) is 5.91 Å². The number of nitrogens with one attached hydrogen (secondary N) is 1. The maximum Gasteiger partial charge on any atom is 0.338 e. The lowest BCUT2D eigenvalue weighted by Crippen LogP contribution is -2.33. The highest BCUT2D eigenvalue weighted by Crippen LogP contribution is 2.29. The summed E-state index contributed by atoms with van der Waals surface area (Å²) < 4.78 is 4.87. The van der Waals surface area contributed by atoms with E-state index in [1.807, 2.05) is 0 Å². The van der Waals surface area contributed by atoms with Crippen molar-refractivity contribution in [3.63, 3.8) is 0 Å². The van der Waals surface area contributed by atoms with Crippen LogP contribution in [0.1, 0.15) is 43.0 Å². The van der Waals surface area contributed by atoms with Crippen molar-refractivity contribution in [3.8, 4) is 0 Å². The van der Waals surface area contributed by atoms with Crippen LogP contribution in [0.4, 0.5) is 5.69 Å². The van der Waals surface area contributed by atoms with Crippen LogP contribution < -0.4 is 5.32 Å². The first-order valence-corrected chi connectivity index (χ1v) is 10.4. The van der Waals surface area contributed by atoms with Gasteiger partial charge in [0.05, 0.1) is 5.56 Å². The molecule has 2 aliphatic rings. The van der Waals surface area contributed by atoms with Gasteiger partial charge in [-0.15, -0.1) is 0 Å². The van der Waals surface area contributed by atoms with E-state index < -0.39 is 11.2 Å². The highest BCUT2D eigenvalue weighted by molar-refractivity contribution is 8.15. The van der Waals surface area contributed by atoms with Crippen LogP contribution in [0.5, 0.6) is 0 Å². The molecule has 2 heterocycles. The number of benzene rings is 1. The molecule has 0 aromatic heterocycles. The Labute approximate surface area is 173 Å². The van der Waals surface area contributed by atoms with Crippen molar-refractivity contribution in [3.05, 3.63) is 29.8 Å². The molecule has 9 heteroatoms. The molecule has 154 valence electrons. The molecule has 8 nitrogen and oxygen atoms in total. The summed E-state index contributed by atoms with van der Waals surface area (Å²) in [6.07, 6.45) is 3.37. The van der Waals surface area contributed by atoms with Crippen molar-refractivity contribution in [2.75, 3.05) is 25.0 Å². The smallest absolute Gasteiger partial charge is 0.338 e. The van der Waals surface area contributed by atoms with Crippen molar-refractivity contribution in [1.82, 2.24) is 4.90 Å². The third-order valence-electron chi connectivity index (χ3n) is 4.51. The van der Waals surface area contributed by atoms with Crippen LogP contribution in [0, 0.1) is 0 Å². The van der Waals surface area contributed by atoms with Crippen LogP contribution in [-0.2, 0) is 19.1 Å². The van der Waals surface area contributed by atoms with Crippen LogP contribution in [0.25, 0.3) is 0 Å². The Hall–Kier alpha value is -2.68. The molecule has 2 amide bonds. The fourth-order valence-electron chi connectivity index (χ4n) is 3.08. The molecular formula is C20H23N3O5S. The Morgan fingerprint density at radius 3 is 2.72 bits per heavy atom. The molecule has 29 heavy (non-hydrogen) atoms. The largest absolute Gasteiger partial charge is 0.454 e. The zero-order valence-electron chi connectivity index (χ0n) is 16.2. The molecule has 0 spiro atoms. The number of amides is 2. The minimum Gasteiger partial charge on any atom is -0.454 e. The first-order valence-electron chi connectivity index (χ1n) is 9.53. The summed E-state index contributed by atoms with van der Waals surface area (Å²) >= 11 is 1.34. The number of Topliss-reactive ketones (excluding diaryl/α,β-unsaturated/α-hetero) is 1. The maximum atomic E-state index is 12.4. The average Bonchev–Trinajstić information content (AvgIpc) is 3.07. The minimum atomic E-state index is -0.641. The third kappa shape index (κ3) is 5.90. The van der Waals surface area contributed by atoms with Gasteiger partial charge < -0.3 is 15.0 Å². The molecular weight excluding hydrogens is 394 g/mol. The van der Waals surface area contributed by atoms with Crippen molar-refractivity contribution >= 4 is 46.2 Å². The number of piperidine rings is 1. The standard InChI is InChI=1S/C20H23N3O5S/c1-13(24)12-28-19(27)14-6-5-7-15(10-14)21-17(25)11-16-18(26)22-20(29-16)23-8-3-2-4-9-23/h5-7,10,16H,2-4,8-9,11-12H2,1H3,(H,21,25)/t16-/m1/s1. The summed E-state index contributed by atoms with van der Waals surface area (Å²) in [7, 11) is 0. The quantitative estimate of drug-likeness (QED) is 0.708. The molecule has 0 aliphatic carbocycles. The van der Waals surface area contributed by atoms with E-state index in [1.165, 1.54) is 37.2 Å². The topological polar surface area (TPSA) is 105 Å². The number of aliphatic imine (C=N–C) groups is 1. The third-order valence-corrected chi connectivity index (χ3v) is 5.73. The summed E-state index contributed by atoms with van der Waals surface area (Å²) in [5.74, 6) is -1.52. The summed E-state index contributed by atoms with van der Waals surface area (Å²) in [6.45, 7) is 2.82. The van der Waals surface area contributed by atoms with Gasteiger partial charge in [0.2, 0.25) is 5.91 Å². The first-order chi connectivity index (χ1) is 13.9. The van der Waals surface area contributed by atoms with E-state index in [0.29, 0.717) is 10.9 Å². The van der Waals surface area contributed by atoms with E-state index in [0.717, 1.165) is 25.9 Å². The lowest BCUT2D eigenvalue weighted by Gasteiger charge is -2.27. The highest BCUT2D eigenvalue weighted by Gasteiger charge is 2.33. The molecule has 0 radical (unpaired) electrons. The van der Waals surface area contributed by atoms with Gasteiger partial charge >= 0.3 is 5.97 Å². The van der Waals surface area contributed by atoms with Crippen LogP contribution in [-0.4, -0.2) is 58.6 Å². The van der Waals surface area contributed by atoms with Gasteiger partial charge in [-0.1, -0.05) is 17.8 Å². The molecule has 1 saturated heterocycles. The minimum absolute atomic E-state index is 0.00332. The predicted octanol–water partition coefficient (Wildman–Crippen LogP) is 2.24. The van der Waals surface area contributed by atoms with Gasteiger partial charge in [-0.2, -0.15) is 4.99 Å².